The van der Waals surface area contributed by atoms with Crippen molar-refractivity contribution in [1.29, 1.82) is 0 Å². The van der Waals surface area contributed by atoms with Gasteiger partial charge in [0.05, 0.1) is 24.7 Å². The molecule has 3 amide bonds. The Kier molecular flexibility index (Phi) is 6.04. The van der Waals surface area contributed by atoms with Crippen molar-refractivity contribution in [2.45, 2.75) is 82.4 Å². The normalized spacial score (nSPS) is 29.9. The summed E-state index contributed by atoms with van der Waals surface area (Å²) in [5.74, 6) is -1.92. The third-order valence-corrected chi connectivity index (χ3v) is 6.43. The number of para-hydroxylation sites is 1. The summed E-state index contributed by atoms with van der Waals surface area (Å²) in [4.78, 5) is 42.5. The van der Waals surface area contributed by atoms with Crippen LogP contribution in [0.4, 0.5) is 18.0 Å². The van der Waals surface area contributed by atoms with E-state index in [0.717, 1.165) is 4.90 Å². The SMILES string of the molecule is [2H]c1c([2H])c([2H])c2c(c1[2H])OCC([2H])([2H])[C@H]2NC(=O)[C@@H]1CC[C@@H]2CCN(CC(F)(F)F)C[C@H](NC(=O)OC(C)(C)C)C(=O)N21. The molecule has 9 nitrogen and oxygen atoms in total. The minimum atomic E-state index is -4.56. The van der Waals surface area contributed by atoms with Crippen molar-refractivity contribution in [3.63, 3.8) is 0 Å². The number of halogens is 3. The second-order valence-corrected chi connectivity index (χ2v) is 10.5. The number of amides is 3. The molecule has 0 aromatic heterocycles. The lowest BCUT2D eigenvalue weighted by Gasteiger charge is -2.39. The lowest BCUT2D eigenvalue weighted by Crippen LogP contribution is -2.61. The van der Waals surface area contributed by atoms with Crippen molar-refractivity contribution in [3.05, 3.63) is 29.7 Å². The van der Waals surface area contributed by atoms with Crippen LogP contribution in [0, 0.1) is 0 Å². The Morgan fingerprint density at radius 3 is 2.61 bits per heavy atom. The molecule has 3 aliphatic heterocycles. The summed E-state index contributed by atoms with van der Waals surface area (Å²) in [5, 5.41) is 4.89. The van der Waals surface area contributed by atoms with E-state index in [0.29, 0.717) is 0 Å². The highest BCUT2D eigenvalue weighted by Crippen LogP contribution is 2.34. The van der Waals surface area contributed by atoms with E-state index in [-0.39, 0.29) is 37.1 Å². The van der Waals surface area contributed by atoms with Crippen molar-refractivity contribution >= 4 is 17.9 Å². The summed E-state index contributed by atoms with van der Waals surface area (Å²) >= 11 is 0. The van der Waals surface area contributed by atoms with Crippen molar-refractivity contribution in [2.75, 3.05) is 26.2 Å². The number of nitrogens with zero attached hydrogens (tertiary/aromatic N) is 2. The maximum atomic E-state index is 13.9. The van der Waals surface area contributed by atoms with Crippen molar-refractivity contribution in [2.24, 2.45) is 0 Å². The zero-order chi connectivity index (χ0) is 32.9. The van der Waals surface area contributed by atoms with Gasteiger partial charge in [-0.05, 0) is 46.1 Å². The molecule has 210 valence electrons. The van der Waals surface area contributed by atoms with Crippen molar-refractivity contribution < 1.29 is 45.3 Å². The fourth-order valence-electron chi connectivity index (χ4n) is 4.94. The predicted molar refractivity (Wildman–Crippen MR) is 131 cm³/mol. The third-order valence-electron chi connectivity index (χ3n) is 6.43. The average Bonchev–Trinajstić information content (AvgIpc) is 3.30. The van der Waals surface area contributed by atoms with Gasteiger partial charge in [-0.2, -0.15) is 13.2 Å². The molecule has 1 aromatic carbocycles. The van der Waals surface area contributed by atoms with Crippen LogP contribution >= 0.6 is 0 Å². The number of fused-ring (bicyclic) bond motifs is 2. The molecule has 3 heterocycles. The molecule has 38 heavy (non-hydrogen) atoms. The van der Waals surface area contributed by atoms with Gasteiger partial charge in [-0.15, -0.1) is 0 Å². The Hall–Kier alpha value is -3.02. The molecule has 12 heteroatoms. The van der Waals surface area contributed by atoms with Gasteiger partial charge in [-0.1, -0.05) is 18.1 Å². The van der Waals surface area contributed by atoms with Gasteiger partial charge in [0.2, 0.25) is 11.8 Å². The second-order valence-electron chi connectivity index (χ2n) is 10.5. The fourth-order valence-corrected chi connectivity index (χ4v) is 4.94. The number of ether oxygens (including phenoxy) is 2. The van der Waals surface area contributed by atoms with Crippen molar-refractivity contribution in [1.82, 2.24) is 20.4 Å². The smallest absolute Gasteiger partial charge is 0.408 e. The number of hydrogen-bond acceptors (Lipinski definition) is 6. The predicted octanol–water partition coefficient (Wildman–Crippen LogP) is 3.15. The van der Waals surface area contributed by atoms with E-state index in [9.17, 15) is 27.6 Å². The van der Waals surface area contributed by atoms with E-state index in [1.165, 1.54) is 4.90 Å². The van der Waals surface area contributed by atoms with Gasteiger partial charge >= 0.3 is 12.3 Å². The van der Waals surface area contributed by atoms with Crippen molar-refractivity contribution in [3.8, 4) is 5.75 Å². The third kappa shape index (κ3) is 6.89. The summed E-state index contributed by atoms with van der Waals surface area (Å²) in [6.45, 7) is 2.21. The van der Waals surface area contributed by atoms with E-state index < -0.39 is 104 Å². The highest BCUT2D eigenvalue weighted by Gasteiger charge is 2.46. The standard InChI is InChI=1S/C26H35F3N4O5/c1-25(2,3)38-24(36)31-19-14-32(15-26(27,28)29)12-10-16-8-9-20(33(16)23(19)35)22(34)30-18-11-13-37-21-7-5-4-6-17(18)21/h4-7,16,18-20H,8-15H2,1-3H3,(H,30,34)(H,31,36)/t16-,18-,19+,20+/m1/s1/i4D,5D,6D,7D,11D2. The molecule has 4 rings (SSSR count). The van der Waals surface area contributed by atoms with Gasteiger partial charge in [-0.25, -0.2) is 4.79 Å². The van der Waals surface area contributed by atoms with E-state index in [4.69, 9.17) is 17.7 Å². The number of alkyl halides is 3. The number of hydrogen-bond donors (Lipinski definition) is 2. The monoisotopic (exact) mass is 546 g/mol. The molecular formula is C26H35F3N4O5. The largest absolute Gasteiger partial charge is 0.493 e. The van der Waals surface area contributed by atoms with E-state index in [1.54, 1.807) is 20.8 Å². The Morgan fingerprint density at radius 2 is 1.89 bits per heavy atom. The minimum Gasteiger partial charge on any atom is -0.493 e. The molecule has 0 bridgehead atoms. The van der Waals surface area contributed by atoms with Gasteiger partial charge in [0, 0.05) is 33.8 Å². The summed E-state index contributed by atoms with van der Waals surface area (Å²) in [6, 6.07) is -7.27. The van der Waals surface area contributed by atoms with Gasteiger partial charge < -0.3 is 25.0 Å². The van der Waals surface area contributed by atoms with Crippen LogP contribution in [0.3, 0.4) is 0 Å². The highest BCUT2D eigenvalue weighted by atomic mass is 19.4. The molecule has 3 aliphatic rings. The average molecular weight is 547 g/mol. The van der Waals surface area contributed by atoms with Gasteiger partial charge in [0.1, 0.15) is 23.4 Å². The lowest BCUT2D eigenvalue weighted by atomic mass is 10.00. The topological polar surface area (TPSA) is 100 Å². The number of nitrogens with one attached hydrogen (secondary N) is 2. The summed E-state index contributed by atoms with van der Waals surface area (Å²) in [7, 11) is 0. The summed E-state index contributed by atoms with van der Waals surface area (Å²) in [6.07, 6.45) is -7.45. The van der Waals surface area contributed by atoms with Gasteiger partial charge in [-0.3, -0.25) is 14.5 Å². The quantitative estimate of drug-likeness (QED) is 0.602. The van der Waals surface area contributed by atoms with Crippen LogP contribution in [-0.4, -0.2) is 83.9 Å². The van der Waals surface area contributed by atoms with Crippen LogP contribution in [0.25, 0.3) is 0 Å². The van der Waals surface area contributed by atoms with Gasteiger partial charge in [0.15, 0.2) is 0 Å². The van der Waals surface area contributed by atoms with Crippen LogP contribution in [-0.2, 0) is 14.3 Å². The molecule has 0 spiro atoms. The maximum Gasteiger partial charge on any atom is 0.408 e. The number of carbonyl (C=O) groups is 3. The van der Waals surface area contributed by atoms with Crippen LogP contribution in [0.5, 0.6) is 5.75 Å². The van der Waals surface area contributed by atoms with Crippen LogP contribution in [0.2, 0.25) is 0 Å². The molecule has 2 fully saturated rings. The fraction of sp³-hybridized carbons (Fsp3) is 0.654. The molecule has 0 aliphatic carbocycles. The van der Waals surface area contributed by atoms with Crippen LogP contribution in [0.1, 0.15) is 66.2 Å². The molecule has 2 N–H and O–H groups in total. The van der Waals surface area contributed by atoms with E-state index in [1.807, 2.05) is 0 Å². The first-order valence-electron chi connectivity index (χ1n) is 15.3. The van der Waals surface area contributed by atoms with E-state index in [2.05, 4.69) is 10.6 Å². The first-order chi connectivity index (χ1) is 20.2. The molecule has 1 aromatic rings. The zero-order valence-corrected chi connectivity index (χ0v) is 21.3. The first-order valence-corrected chi connectivity index (χ1v) is 12.3. The molecule has 0 radical (unpaired) electrons. The molecular weight excluding hydrogens is 505 g/mol. The molecule has 2 saturated heterocycles. The first kappa shape index (κ1) is 20.9. The highest BCUT2D eigenvalue weighted by molar-refractivity contribution is 5.92. The zero-order valence-electron chi connectivity index (χ0n) is 27.3. The number of benzene rings is 1. The summed E-state index contributed by atoms with van der Waals surface area (Å²) < 4.78 is 99.9. The van der Waals surface area contributed by atoms with Crippen LogP contribution < -0.4 is 15.4 Å². The number of carbonyl (C=O) groups excluding carboxylic acids is 3. The number of alkyl carbamates (subject to hydrolysis) is 1. The number of rotatable bonds is 4. The molecule has 0 unspecified atom stereocenters. The maximum absolute atomic E-state index is 13.9. The Balaban J connectivity index is 1.64. The second kappa shape index (κ2) is 11.0. The summed E-state index contributed by atoms with van der Waals surface area (Å²) in [5.41, 5.74) is -1.24. The van der Waals surface area contributed by atoms with Crippen LogP contribution in [0.15, 0.2) is 24.2 Å². The Bertz CT molecular complexity index is 1330. The Labute approximate surface area is 228 Å². The van der Waals surface area contributed by atoms with E-state index >= 15 is 0 Å². The molecule has 4 atom stereocenters. The lowest BCUT2D eigenvalue weighted by molar-refractivity contribution is -0.154. The Morgan fingerprint density at radius 1 is 1.16 bits per heavy atom. The minimum absolute atomic E-state index is 0.0824. The van der Waals surface area contributed by atoms with Gasteiger partial charge in [0.25, 0.3) is 0 Å². The molecule has 0 saturated carbocycles.